The molecule has 106 valence electrons. The van der Waals surface area contributed by atoms with E-state index in [2.05, 4.69) is 5.16 Å². The molecule has 1 rings (SSSR count). The monoisotopic (exact) mass is 269 g/mol. The van der Waals surface area contributed by atoms with Crippen LogP contribution in [0.4, 0.5) is 10.1 Å². The summed E-state index contributed by atoms with van der Waals surface area (Å²) in [6, 6.07) is 4.46. The highest BCUT2D eigenvalue weighted by Crippen LogP contribution is 2.24. The van der Waals surface area contributed by atoms with Crippen LogP contribution in [-0.4, -0.2) is 34.8 Å². The third kappa shape index (κ3) is 3.82. The van der Waals surface area contributed by atoms with E-state index >= 15 is 0 Å². The van der Waals surface area contributed by atoms with Crippen molar-refractivity contribution in [1.29, 1.82) is 0 Å². The van der Waals surface area contributed by atoms with Gasteiger partial charge in [0.25, 0.3) is 0 Å². The lowest BCUT2D eigenvalue weighted by Crippen LogP contribution is -2.39. The standard InChI is InChI=1S/C13H20FN3O2/c1-4-17(8-13(2,3)18)10-7-5-6-9(14)11(10)12(15)16-19/h5-7,18-19H,4,8H2,1-3H3,(H2,15,16). The van der Waals surface area contributed by atoms with Crippen molar-refractivity contribution in [2.45, 2.75) is 26.4 Å². The van der Waals surface area contributed by atoms with E-state index in [1.807, 2.05) is 6.92 Å². The van der Waals surface area contributed by atoms with E-state index in [0.717, 1.165) is 0 Å². The lowest BCUT2D eigenvalue weighted by molar-refractivity contribution is 0.0875. The van der Waals surface area contributed by atoms with Crippen LogP contribution in [-0.2, 0) is 0 Å². The maximum absolute atomic E-state index is 13.9. The minimum absolute atomic E-state index is 0.0381. The second-order valence-electron chi connectivity index (χ2n) is 4.95. The Bertz CT molecular complexity index is 469. The molecule has 0 saturated carbocycles. The van der Waals surface area contributed by atoms with Crippen molar-refractivity contribution in [1.82, 2.24) is 0 Å². The smallest absolute Gasteiger partial charge is 0.175 e. The van der Waals surface area contributed by atoms with Crippen LogP contribution in [0.15, 0.2) is 23.4 Å². The Morgan fingerprint density at radius 1 is 1.47 bits per heavy atom. The molecule has 1 aromatic rings. The molecule has 5 nitrogen and oxygen atoms in total. The Hall–Kier alpha value is -1.82. The summed E-state index contributed by atoms with van der Waals surface area (Å²) in [6.45, 7) is 6.07. The van der Waals surface area contributed by atoms with Gasteiger partial charge < -0.3 is 20.9 Å². The molecule has 19 heavy (non-hydrogen) atoms. The van der Waals surface area contributed by atoms with Gasteiger partial charge in [-0.2, -0.15) is 0 Å². The molecule has 0 radical (unpaired) electrons. The number of rotatable bonds is 5. The largest absolute Gasteiger partial charge is 0.409 e. The number of hydrogen-bond acceptors (Lipinski definition) is 4. The third-order valence-electron chi connectivity index (χ3n) is 2.66. The average Bonchev–Trinajstić information content (AvgIpc) is 2.33. The first kappa shape index (κ1) is 15.2. The molecule has 0 saturated heterocycles. The summed E-state index contributed by atoms with van der Waals surface area (Å²) in [4.78, 5) is 1.77. The quantitative estimate of drug-likeness (QED) is 0.327. The highest BCUT2D eigenvalue weighted by Gasteiger charge is 2.22. The van der Waals surface area contributed by atoms with Crippen LogP contribution < -0.4 is 10.6 Å². The van der Waals surface area contributed by atoms with E-state index in [4.69, 9.17) is 10.9 Å². The van der Waals surface area contributed by atoms with Crippen molar-refractivity contribution >= 4 is 11.5 Å². The fraction of sp³-hybridized carbons (Fsp3) is 0.462. The predicted octanol–water partition coefficient (Wildman–Crippen LogP) is 1.52. The second kappa shape index (κ2) is 5.88. The zero-order valence-electron chi connectivity index (χ0n) is 11.4. The van der Waals surface area contributed by atoms with Gasteiger partial charge in [0, 0.05) is 13.1 Å². The lowest BCUT2D eigenvalue weighted by atomic mass is 10.1. The van der Waals surface area contributed by atoms with Gasteiger partial charge in [0.05, 0.1) is 16.9 Å². The minimum atomic E-state index is -0.940. The average molecular weight is 269 g/mol. The molecule has 0 spiro atoms. The van der Waals surface area contributed by atoms with Gasteiger partial charge in [-0.25, -0.2) is 4.39 Å². The van der Waals surface area contributed by atoms with Crippen molar-refractivity contribution in [3.05, 3.63) is 29.6 Å². The van der Waals surface area contributed by atoms with Gasteiger partial charge in [-0.05, 0) is 32.9 Å². The van der Waals surface area contributed by atoms with Crippen LogP contribution >= 0.6 is 0 Å². The number of aliphatic hydroxyl groups is 1. The SMILES string of the molecule is CCN(CC(C)(C)O)c1cccc(F)c1C(N)=NO. The molecule has 1 aromatic carbocycles. The Kier molecular flexibility index (Phi) is 4.72. The Labute approximate surface area is 112 Å². The molecule has 6 heteroatoms. The Balaban J connectivity index is 3.28. The molecule has 0 unspecified atom stereocenters. The number of likely N-dealkylation sites (N-methyl/N-ethyl adjacent to an activating group) is 1. The van der Waals surface area contributed by atoms with Gasteiger partial charge in [-0.1, -0.05) is 11.2 Å². The second-order valence-corrected chi connectivity index (χ2v) is 4.95. The minimum Gasteiger partial charge on any atom is -0.409 e. The van der Waals surface area contributed by atoms with Crippen molar-refractivity contribution in [2.75, 3.05) is 18.0 Å². The summed E-state index contributed by atoms with van der Waals surface area (Å²) >= 11 is 0. The number of benzene rings is 1. The van der Waals surface area contributed by atoms with Crippen LogP contribution in [0.25, 0.3) is 0 Å². The van der Waals surface area contributed by atoms with Crippen LogP contribution in [0.5, 0.6) is 0 Å². The fourth-order valence-corrected chi connectivity index (χ4v) is 1.91. The van der Waals surface area contributed by atoms with Crippen molar-refractivity contribution < 1.29 is 14.7 Å². The fourth-order valence-electron chi connectivity index (χ4n) is 1.91. The van der Waals surface area contributed by atoms with E-state index in [1.54, 1.807) is 30.9 Å². The van der Waals surface area contributed by atoms with Gasteiger partial charge in [-0.15, -0.1) is 0 Å². The van der Waals surface area contributed by atoms with Crippen molar-refractivity contribution in [3.63, 3.8) is 0 Å². The highest BCUT2D eigenvalue weighted by atomic mass is 19.1. The first-order chi connectivity index (χ1) is 8.80. The molecule has 0 aromatic heterocycles. The molecule has 0 bridgehead atoms. The maximum Gasteiger partial charge on any atom is 0.175 e. The zero-order valence-corrected chi connectivity index (χ0v) is 11.4. The lowest BCUT2D eigenvalue weighted by Gasteiger charge is -2.31. The normalized spacial score (nSPS) is 12.6. The van der Waals surface area contributed by atoms with Gasteiger partial charge >= 0.3 is 0 Å². The molecule has 4 N–H and O–H groups in total. The molecule has 0 aliphatic carbocycles. The number of amidine groups is 1. The Morgan fingerprint density at radius 2 is 2.11 bits per heavy atom. The van der Waals surface area contributed by atoms with E-state index < -0.39 is 11.4 Å². The van der Waals surface area contributed by atoms with Crippen LogP contribution in [0.2, 0.25) is 0 Å². The summed E-state index contributed by atoms with van der Waals surface area (Å²) in [5.74, 6) is -0.857. The zero-order chi connectivity index (χ0) is 14.6. The summed E-state index contributed by atoms with van der Waals surface area (Å²) in [7, 11) is 0. The Morgan fingerprint density at radius 3 is 2.58 bits per heavy atom. The molecule has 0 amide bonds. The first-order valence-corrected chi connectivity index (χ1v) is 6.04. The molecular weight excluding hydrogens is 249 g/mol. The predicted molar refractivity (Wildman–Crippen MR) is 73.1 cm³/mol. The number of hydrogen-bond donors (Lipinski definition) is 3. The van der Waals surface area contributed by atoms with E-state index in [9.17, 15) is 9.50 Å². The van der Waals surface area contributed by atoms with Crippen molar-refractivity contribution in [3.8, 4) is 0 Å². The van der Waals surface area contributed by atoms with Crippen LogP contribution in [0.3, 0.4) is 0 Å². The highest BCUT2D eigenvalue weighted by molar-refractivity contribution is 6.02. The van der Waals surface area contributed by atoms with Crippen molar-refractivity contribution in [2.24, 2.45) is 10.9 Å². The molecule has 0 fully saturated rings. The van der Waals surface area contributed by atoms with Gasteiger partial charge in [0.2, 0.25) is 0 Å². The van der Waals surface area contributed by atoms with Gasteiger partial charge in [-0.3, -0.25) is 0 Å². The topological polar surface area (TPSA) is 82.1 Å². The summed E-state index contributed by atoms with van der Waals surface area (Å²) in [5, 5.41) is 21.5. The van der Waals surface area contributed by atoms with Crippen LogP contribution in [0, 0.1) is 5.82 Å². The molecule has 0 atom stereocenters. The number of oxime groups is 1. The third-order valence-corrected chi connectivity index (χ3v) is 2.66. The number of nitrogens with two attached hydrogens (primary N) is 1. The van der Waals surface area contributed by atoms with E-state index in [0.29, 0.717) is 18.8 Å². The van der Waals surface area contributed by atoms with E-state index in [1.165, 1.54) is 6.07 Å². The van der Waals surface area contributed by atoms with Gasteiger partial charge in [0.15, 0.2) is 5.84 Å². The van der Waals surface area contributed by atoms with E-state index in [-0.39, 0.29) is 11.4 Å². The summed E-state index contributed by atoms with van der Waals surface area (Å²) < 4.78 is 13.9. The number of anilines is 1. The number of halogens is 1. The maximum atomic E-state index is 13.9. The molecule has 0 heterocycles. The number of nitrogens with zero attached hydrogens (tertiary/aromatic N) is 2. The van der Waals surface area contributed by atoms with Crippen LogP contribution in [0.1, 0.15) is 26.3 Å². The summed E-state index contributed by atoms with van der Waals surface area (Å²) in [6.07, 6.45) is 0. The molecule has 0 aliphatic heterocycles. The van der Waals surface area contributed by atoms with Gasteiger partial charge in [0.1, 0.15) is 5.82 Å². The molecular formula is C13H20FN3O2. The first-order valence-electron chi connectivity index (χ1n) is 6.04. The molecule has 0 aliphatic rings. The summed E-state index contributed by atoms with van der Waals surface area (Å²) in [5.41, 5.74) is 5.11.